The molecule has 1 N–H and O–H groups in total. The van der Waals surface area contributed by atoms with Crippen LogP contribution in [0.5, 0.6) is 0 Å². The molecule has 0 aliphatic rings. The van der Waals surface area contributed by atoms with Crippen molar-refractivity contribution in [3.05, 3.63) is 99.0 Å². The number of hydrogen-bond acceptors (Lipinski definition) is 3. The molecule has 184 valence electrons. The minimum absolute atomic E-state index is 0.149. The lowest BCUT2D eigenvalue weighted by Crippen LogP contribution is -2.51. The molecule has 35 heavy (non-hydrogen) atoms. The summed E-state index contributed by atoms with van der Waals surface area (Å²) in [6.45, 7) is 2.76. The van der Waals surface area contributed by atoms with Gasteiger partial charge in [-0.15, -0.1) is 11.8 Å². The summed E-state index contributed by atoms with van der Waals surface area (Å²) in [6, 6.07) is 21.6. The van der Waals surface area contributed by atoms with Crippen LogP contribution in [0.2, 0.25) is 15.1 Å². The van der Waals surface area contributed by atoms with E-state index in [4.69, 9.17) is 34.8 Å². The maximum Gasteiger partial charge on any atom is 0.243 e. The first kappa shape index (κ1) is 27.4. The quantitative estimate of drug-likeness (QED) is 0.265. The molecule has 0 bridgehead atoms. The summed E-state index contributed by atoms with van der Waals surface area (Å²) in [6.07, 6.45) is 1.20. The highest BCUT2D eigenvalue weighted by atomic mass is 35.5. The van der Waals surface area contributed by atoms with E-state index >= 15 is 0 Å². The molecule has 0 aliphatic heterocycles. The standard InChI is InChI=1S/C27H27Cl3N2O2S/c1-2-14-31-27(34)25(16-19-6-4-3-5-7-19)32(17-20-8-13-23(29)24(30)15-20)26(33)18-35-22-11-9-21(28)10-12-22/h3-13,15,25H,2,14,16-18H2,1H3,(H,31,34)/t25-/m1/s1. The first-order valence-corrected chi connectivity index (χ1v) is 13.4. The fourth-order valence-electron chi connectivity index (χ4n) is 3.51. The second-order valence-corrected chi connectivity index (χ2v) is 10.3. The molecule has 0 radical (unpaired) electrons. The van der Waals surface area contributed by atoms with E-state index in [9.17, 15) is 9.59 Å². The Morgan fingerprint density at radius 1 is 0.914 bits per heavy atom. The molecule has 0 fully saturated rings. The van der Waals surface area contributed by atoms with Gasteiger partial charge in [-0.1, -0.05) is 78.1 Å². The number of halogens is 3. The van der Waals surface area contributed by atoms with Crippen LogP contribution in [-0.4, -0.2) is 35.1 Å². The van der Waals surface area contributed by atoms with Crippen LogP contribution in [0.15, 0.2) is 77.7 Å². The molecule has 0 saturated heterocycles. The Hall–Kier alpha value is -2.18. The van der Waals surface area contributed by atoms with Crippen LogP contribution in [0.3, 0.4) is 0 Å². The maximum absolute atomic E-state index is 13.6. The van der Waals surface area contributed by atoms with E-state index in [1.54, 1.807) is 29.2 Å². The summed E-state index contributed by atoms with van der Waals surface area (Å²) in [5.74, 6) is -0.154. The summed E-state index contributed by atoms with van der Waals surface area (Å²) in [7, 11) is 0. The fourth-order valence-corrected chi connectivity index (χ4v) is 4.74. The molecule has 8 heteroatoms. The van der Waals surface area contributed by atoms with Crippen molar-refractivity contribution in [2.24, 2.45) is 0 Å². The van der Waals surface area contributed by atoms with Crippen LogP contribution in [0.1, 0.15) is 24.5 Å². The number of thioether (sulfide) groups is 1. The van der Waals surface area contributed by atoms with Gasteiger partial charge < -0.3 is 10.2 Å². The molecule has 3 aromatic rings. The lowest BCUT2D eigenvalue weighted by molar-refractivity contribution is -0.139. The van der Waals surface area contributed by atoms with Crippen molar-refractivity contribution in [2.45, 2.75) is 37.2 Å². The molecule has 0 spiro atoms. The highest BCUT2D eigenvalue weighted by Crippen LogP contribution is 2.26. The van der Waals surface area contributed by atoms with Gasteiger partial charge in [-0.05, 0) is 53.9 Å². The Morgan fingerprint density at radius 2 is 1.63 bits per heavy atom. The summed E-state index contributed by atoms with van der Waals surface area (Å²) in [4.78, 5) is 29.5. The third-order valence-electron chi connectivity index (χ3n) is 5.33. The largest absolute Gasteiger partial charge is 0.354 e. The predicted octanol–water partition coefficient (Wildman–Crippen LogP) is 6.91. The molecular weight excluding hydrogens is 523 g/mol. The van der Waals surface area contributed by atoms with E-state index < -0.39 is 6.04 Å². The average Bonchev–Trinajstić information content (AvgIpc) is 2.86. The topological polar surface area (TPSA) is 49.4 Å². The third-order valence-corrected chi connectivity index (χ3v) is 7.32. The molecular formula is C27H27Cl3N2O2S. The number of benzene rings is 3. The number of hydrogen-bond donors (Lipinski definition) is 1. The molecule has 0 unspecified atom stereocenters. The second-order valence-electron chi connectivity index (χ2n) is 8.01. The van der Waals surface area contributed by atoms with Gasteiger partial charge in [0.05, 0.1) is 15.8 Å². The first-order valence-electron chi connectivity index (χ1n) is 11.3. The summed E-state index contributed by atoms with van der Waals surface area (Å²) < 4.78 is 0. The summed E-state index contributed by atoms with van der Waals surface area (Å²) in [5.41, 5.74) is 1.77. The van der Waals surface area contributed by atoms with Crippen molar-refractivity contribution in [1.29, 1.82) is 0 Å². The van der Waals surface area contributed by atoms with Gasteiger partial charge in [0.1, 0.15) is 6.04 Å². The number of carbonyl (C=O) groups excluding carboxylic acids is 2. The molecule has 3 aromatic carbocycles. The zero-order chi connectivity index (χ0) is 25.2. The van der Waals surface area contributed by atoms with Crippen LogP contribution in [0, 0.1) is 0 Å². The van der Waals surface area contributed by atoms with Gasteiger partial charge in [-0.2, -0.15) is 0 Å². The molecule has 0 aliphatic carbocycles. The highest BCUT2D eigenvalue weighted by molar-refractivity contribution is 8.00. The van der Waals surface area contributed by atoms with Crippen molar-refractivity contribution in [1.82, 2.24) is 10.2 Å². The van der Waals surface area contributed by atoms with Crippen molar-refractivity contribution < 1.29 is 9.59 Å². The Bertz CT molecular complexity index is 1130. The van der Waals surface area contributed by atoms with E-state index in [0.717, 1.165) is 22.4 Å². The number of carbonyl (C=O) groups is 2. The van der Waals surface area contributed by atoms with Gasteiger partial charge in [-0.3, -0.25) is 9.59 Å². The molecule has 0 aromatic heterocycles. The number of amides is 2. The normalized spacial score (nSPS) is 11.7. The Balaban J connectivity index is 1.90. The van der Waals surface area contributed by atoms with Gasteiger partial charge in [0.2, 0.25) is 11.8 Å². The van der Waals surface area contributed by atoms with Gasteiger partial charge >= 0.3 is 0 Å². The van der Waals surface area contributed by atoms with Gasteiger partial charge in [0, 0.05) is 29.4 Å². The lowest BCUT2D eigenvalue weighted by atomic mass is 10.0. The lowest BCUT2D eigenvalue weighted by Gasteiger charge is -2.31. The first-order chi connectivity index (χ1) is 16.9. The third kappa shape index (κ3) is 8.46. The van der Waals surface area contributed by atoms with Crippen molar-refractivity contribution in [2.75, 3.05) is 12.3 Å². The zero-order valence-corrected chi connectivity index (χ0v) is 22.4. The molecule has 3 rings (SSSR count). The maximum atomic E-state index is 13.6. The van der Waals surface area contributed by atoms with E-state index in [1.165, 1.54) is 11.8 Å². The summed E-state index contributed by atoms with van der Waals surface area (Å²) >= 11 is 19.7. The zero-order valence-electron chi connectivity index (χ0n) is 19.3. The minimum Gasteiger partial charge on any atom is -0.354 e. The average molecular weight is 550 g/mol. The molecule has 0 saturated carbocycles. The van der Waals surface area contributed by atoms with Gasteiger partial charge in [0.25, 0.3) is 0 Å². The number of rotatable bonds is 11. The van der Waals surface area contributed by atoms with Gasteiger partial charge in [-0.25, -0.2) is 0 Å². The Labute approximate surface area is 225 Å². The molecule has 2 amide bonds. The van der Waals surface area contributed by atoms with E-state index in [2.05, 4.69) is 5.32 Å². The van der Waals surface area contributed by atoms with Crippen molar-refractivity contribution in [3.8, 4) is 0 Å². The molecule has 4 nitrogen and oxygen atoms in total. The Kier molecular flexibility index (Phi) is 10.8. The molecule has 1 atom stereocenters. The smallest absolute Gasteiger partial charge is 0.243 e. The number of nitrogens with one attached hydrogen (secondary N) is 1. The van der Waals surface area contributed by atoms with Crippen LogP contribution >= 0.6 is 46.6 Å². The SMILES string of the molecule is CCCNC(=O)[C@@H](Cc1ccccc1)N(Cc1ccc(Cl)c(Cl)c1)C(=O)CSc1ccc(Cl)cc1. The monoisotopic (exact) mass is 548 g/mol. The highest BCUT2D eigenvalue weighted by Gasteiger charge is 2.30. The minimum atomic E-state index is -0.684. The summed E-state index contributed by atoms with van der Waals surface area (Å²) in [5, 5.41) is 4.45. The van der Waals surface area contributed by atoms with Crippen LogP contribution in [0.4, 0.5) is 0 Å². The van der Waals surface area contributed by atoms with E-state index in [0.29, 0.717) is 28.0 Å². The van der Waals surface area contributed by atoms with Gasteiger partial charge in [0.15, 0.2) is 0 Å². The number of nitrogens with zero attached hydrogens (tertiary/aromatic N) is 1. The van der Waals surface area contributed by atoms with E-state index in [-0.39, 0.29) is 24.1 Å². The molecule has 0 heterocycles. The Morgan fingerprint density at radius 3 is 2.29 bits per heavy atom. The fraction of sp³-hybridized carbons (Fsp3) is 0.259. The van der Waals surface area contributed by atoms with Crippen molar-refractivity contribution >= 4 is 58.4 Å². The van der Waals surface area contributed by atoms with Crippen LogP contribution in [0.25, 0.3) is 0 Å². The van der Waals surface area contributed by atoms with Crippen molar-refractivity contribution in [3.63, 3.8) is 0 Å². The second kappa shape index (κ2) is 13.8. The van der Waals surface area contributed by atoms with Crippen LogP contribution in [-0.2, 0) is 22.6 Å². The van der Waals surface area contributed by atoms with Crippen LogP contribution < -0.4 is 5.32 Å². The predicted molar refractivity (Wildman–Crippen MR) is 146 cm³/mol. The van der Waals surface area contributed by atoms with E-state index in [1.807, 2.05) is 55.5 Å².